The van der Waals surface area contributed by atoms with Crippen LogP contribution in [0, 0.1) is 0 Å². The van der Waals surface area contributed by atoms with Crippen molar-refractivity contribution >= 4 is 6.21 Å². The second kappa shape index (κ2) is 6.21. The van der Waals surface area contributed by atoms with Crippen LogP contribution in [0.25, 0.3) is 0 Å². The summed E-state index contributed by atoms with van der Waals surface area (Å²) in [6.45, 7) is 7.02. The maximum atomic E-state index is 8.24. The first kappa shape index (κ1) is 13.5. The zero-order valence-corrected chi connectivity index (χ0v) is 10.6. The highest BCUT2D eigenvalue weighted by atomic mass is 16.5. The molecule has 1 saturated carbocycles. The van der Waals surface area contributed by atoms with Gasteiger partial charge in [-0.3, -0.25) is 0 Å². The quantitative estimate of drug-likeness (QED) is 0.440. The van der Waals surface area contributed by atoms with Crippen molar-refractivity contribution in [2.45, 2.75) is 64.1 Å². The fourth-order valence-corrected chi connectivity index (χ4v) is 2.20. The lowest BCUT2D eigenvalue weighted by molar-refractivity contribution is 0.0437. The molecule has 0 spiro atoms. The van der Waals surface area contributed by atoms with E-state index in [0.717, 1.165) is 25.7 Å². The van der Waals surface area contributed by atoms with Crippen molar-refractivity contribution in [3.8, 4) is 0 Å². The van der Waals surface area contributed by atoms with Crippen molar-refractivity contribution in [3.05, 3.63) is 0 Å². The van der Waals surface area contributed by atoms with Gasteiger partial charge < -0.3 is 15.3 Å². The molecule has 0 bridgehead atoms. The molecule has 0 heterocycles. The zero-order chi connectivity index (χ0) is 12.0. The minimum Gasteiger partial charge on any atom is -0.411 e. The number of nitrogens with zero attached hydrogens (tertiary/aromatic N) is 1. The fraction of sp³-hybridized carbons (Fsp3) is 0.917. The summed E-state index contributed by atoms with van der Waals surface area (Å²) in [5.41, 5.74) is 0.196. The molecule has 1 aliphatic carbocycles. The molecular weight excluding hydrogens is 204 g/mol. The van der Waals surface area contributed by atoms with Crippen LogP contribution in [-0.2, 0) is 4.74 Å². The summed E-state index contributed by atoms with van der Waals surface area (Å²) in [6, 6.07) is 0.617. The van der Waals surface area contributed by atoms with Crippen molar-refractivity contribution in [2.24, 2.45) is 5.16 Å². The van der Waals surface area contributed by atoms with Gasteiger partial charge in [0.2, 0.25) is 0 Å². The van der Waals surface area contributed by atoms with E-state index < -0.39 is 0 Å². The Hall–Kier alpha value is -0.610. The number of oxime groups is 1. The van der Waals surface area contributed by atoms with Crippen LogP contribution in [0.5, 0.6) is 0 Å². The number of hydrogen-bond donors (Lipinski definition) is 2. The third-order valence-corrected chi connectivity index (χ3v) is 2.80. The molecule has 0 aliphatic heterocycles. The third kappa shape index (κ3) is 5.47. The smallest absolute Gasteiger partial charge is 0.0855 e. The number of nitrogens with one attached hydrogen (secondary N) is 1. The van der Waals surface area contributed by atoms with E-state index in [1.807, 2.05) is 0 Å². The first-order valence-electron chi connectivity index (χ1n) is 6.06. The molecule has 4 heteroatoms. The molecule has 0 saturated heterocycles. The highest BCUT2D eigenvalue weighted by Gasteiger charge is 2.24. The lowest BCUT2D eigenvalue weighted by Gasteiger charge is -2.34. The van der Waals surface area contributed by atoms with Crippen LogP contribution >= 0.6 is 0 Å². The molecule has 0 unspecified atom stereocenters. The lowest BCUT2D eigenvalue weighted by atomic mass is 9.91. The molecule has 16 heavy (non-hydrogen) atoms. The second-order valence-electron chi connectivity index (χ2n) is 5.50. The van der Waals surface area contributed by atoms with Crippen molar-refractivity contribution in [1.29, 1.82) is 0 Å². The average Bonchev–Trinajstić information content (AvgIpc) is 2.19. The topological polar surface area (TPSA) is 53.8 Å². The Morgan fingerprint density at radius 2 is 1.94 bits per heavy atom. The Balaban J connectivity index is 2.18. The summed E-state index contributed by atoms with van der Waals surface area (Å²) in [5, 5.41) is 14.8. The van der Waals surface area contributed by atoms with Crippen LogP contribution in [0.2, 0.25) is 0 Å². The van der Waals surface area contributed by atoms with Gasteiger partial charge in [0.15, 0.2) is 0 Å². The minimum atomic E-state index is 0.196. The summed E-state index contributed by atoms with van der Waals surface area (Å²) in [4.78, 5) is 0. The first-order chi connectivity index (χ1) is 7.51. The largest absolute Gasteiger partial charge is 0.411 e. The highest BCUT2D eigenvalue weighted by molar-refractivity contribution is 5.57. The standard InChI is InChI=1S/C12H24N2O2/c1-12(2,3)14-10-4-6-11(7-5-10)16-9-8-13-15/h8,10-11,14-15H,4-7,9H2,1-3H3/b13-8+/t10-,11-. The van der Waals surface area contributed by atoms with E-state index >= 15 is 0 Å². The summed E-state index contributed by atoms with van der Waals surface area (Å²) in [5.74, 6) is 0. The van der Waals surface area contributed by atoms with Gasteiger partial charge in [0.05, 0.1) is 18.9 Å². The van der Waals surface area contributed by atoms with Gasteiger partial charge in [0.25, 0.3) is 0 Å². The number of ether oxygens (including phenoxy) is 1. The van der Waals surface area contributed by atoms with Gasteiger partial charge >= 0.3 is 0 Å². The van der Waals surface area contributed by atoms with E-state index in [2.05, 4.69) is 31.2 Å². The van der Waals surface area contributed by atoms with Crippen molar-refractivity contribution in [1.82, 2.24) is 5.32 Å². The molecule has 0 atom stereocenters. The SMILES string of the molecule is CC(C)(C)N[C@H]1CC[C@H](OC/C=N/O)CC1. The zero-order valence-electron chi connectivity index (χ0n) is 10.6. The van der Waals surface area contributed by atoms with Crippen molar-refractivity contribution in [2.75, 3.05) is 6.61 Å². The molecule has 0 aromatic carbocycles. The van der Waals surface area contributed by atoms with E-state index in [1.165, 1.54) is 6.21 Å². The summed E-state index contributed by atoms with van der Waals surface area (Å²) >= 11 is 0. The molecule has 1 aliphatic rings. The second-order valence-corrected chi connectivity index (χ2v) is 5.50. The van der Waals surface area contributed by atoms with Gasteiger partial charge in [-0.1, -0.05) is 5.16 Å². The molecule has 1 rings (SSSR count). The molecule has 0 amide bonds. The Kier molecular flexibility index (Phi) is 5.22. The Morgan fingerprint density at radius 3 is 2.44 bits per heavy atom. The highest BCUT2D eigenvalue weighted by Crippen LogP contribution is 2.22. The predicted octanol–water partition coefficient (Wildman–Crippen LogP) is 2.16. The predicted molar refractivity (Wildman–Crippen MR) is 65.2 cm³/mol. The van der Waals surface area contributed by atoms with Gasteiger partial charge in [-0.25, -0.2) is 0 Å². The third-order valence-electron chi connectivity index (χ3n) is 2.80. The number of rotatable bonds is 4. The van der Waals surface area contributed by atoms with E-state index in [-0.39, 0.29) is 5.54 Å². The van der Waals surface area contributed by atoms with Crippen LogP contribution in [-0.4, -0.2) is 35.7 Å². The van der Waals surface area contributed by atoms with Gasteiger partial charge in [0, 0.05) is 11.6 Å². The van der Waals surface area contributed by atoms with E-state index in [4.69, 9.17) is 9.94 Å². The van der Waals surface area contributed by atoms with Crippen LogP contribution in [0.4, 0.5) is 0 Å². The van der Waals surface area contributed by atoms with Crippen LogP contribution in [0.3, 0.4) is 0 Å². The van der Waals surface area contributed by atoms with Crippen molar-refractivity contribution < 1.29 is 9.94 Å². The van der Waals surface area contributed by atoms with Crippen LogP contribution < -0.4 is 5.32 Å². The molecule has 2 N–H and O–H groups in total. The van der Waals surface area contributed by atoms with Gasteiger partial charge in [0.1, 0.15) is 0 Å². The monoisotopic (exact) mass is 228 g/mol. The molecule has 4 nitrogen and oxygen atoms in total. The first-order valence-corrected chi connectivity index (χ1v) is 6.06. The maximum absolute atomic E-state index is 8.24. The molecule has 0 aromatic rings. The number of hydrogen-bond acceptors (Lipinski definition) is 4. The van der Waals surface area contributed by atoms with E-state index in [1.54, 1.807) is 0 Å². The lowest BCUT2D eigenvalue weighted by Crippen LogP contribution is -2.45. The minimum absolute atomic E-state index is 0.196. The summed E-state index contributed by atoms with van der Waals surface area (Å²) < 4.78 is 5.56. The van der Waals surface area contributed by atoms with Crippen molar-refractivity contribution in [3.63, 3.8) is 0 Å². The van der Waals surface area contributed by atoms with Crippen LogP contribution in [0.1, 0.15) is 46.5 Å². The Bertz CT molecular complexity index is 216. The van der Waals surface area contributed by atoms with Gasteiger partial charge in [-0.05, 0) is 46.5 Å². The fourth-order valence-electron chi connectivity index (χ4n) is 2.20. The van der Waals surface area contributed by atoms with E-state index in [0.29, 0.717) is 18.8 Å². The normalized spacial score (nSPS) is 27.4. The average molecular weight is 228 g/mol. The summed E-state index contributed by atoms with van der Waals surface area (Å²) in [7, 11) is 0. The molecule has 0 radical (unpaired) electrons. The molecular formula is C12H24N2O2. The van der Waals surface area contributed by atoms with Gasteiger partial charge in [-0.2, -0.15) is 0 Å². The maximum Gasteiger partial charge on any atom is 0.0855 e. The van der Waals surface area contributed by atoms with Crippen LogP contribution in [0.15, 0.2) is 5.16 Å². The molecule has 94 valence electrons. The Morgan fingerprint density at radius 1 is 1.31 bits per heavy atom. The summed E-state index contributed by atoms with van der Waals surface area (Å²) in [6.07, 6.45) is 6.23. The molecule has 1 fully saturated rings. The van der Waals surface area contributed by atoms with E-state index in [9.17, 15) is 0 Å². The molecule has 0 aromatic heterocycles. The Labute approximate surface area is 98.1 Å². The van der Waals surface area contributed by atoms with Gasteiger partial charge in [-0.15, -0.1) is 0 Å².